The van der Waals surface area contributed by atoms with Crippen molar-refractivity contribution in [2.45, 2.75) is 71.4 Å². The third-order valence-electron chi connectivity index (χ3n) is 4.74. The molecule has 1 aliphatic heterocycles. The number of nitrogens with zero attached hydrogens (tertiary/aromatic N) is 1. The molecule has 1 fully saturated rings. The maximum atomic E-state index is 6.10. The van der Waals surface area contributed by atoms with Gasteiger partial charge in [-0.1, -0.05) is 27.2 Å². The summed E-state index contributed by atoms with van der Waals surface area (Å²) in [7, 11) is 0. The van der Waals surface area contributed by atoms with Crippen LogP contribution in [0.1, 0.15) is 59.8 Å². The van der Waals surface area contributed by atoms with E-state index in [4.69, 9.17) is 5.73 Å². The van der Waals surface area contributed by atoms with Gasteiger partial charge in [0.25, 0.3) is 0 Å². The molecule has 0 aromatic heterocycles. The van der Waals surface area contributed by atoms with Gasteiger partial charge in [0.05, 0.1) is 0 Å². The highest BCUT2D eigenvalue weighted by atomic mass is 15.2. The first-order valence-electron chi connectivity index (χ1n) is 7.08. The van der Waals surface area contributed by atoms with Crippen molar-refractivity contribution in [1.29, 1.82) is 0 Å². The predicted molar refractivity (Wildman–Crippen MR) is 71.6 cm³/mol. The minimum Gasteiger partial charge on any atom is -0.329 e. The normalized spacial score (nSPS) is 31.3. The van der Waals surface area contributed by atoms with Crippen molar-refractivity contribution < 1.29 is 0 Å². The average molecular weight is 226 g/mol. The highest BCUT2D eigenvalue weighted by Crippen LogP contribution is 2.33. The lowest BCUT2D eigenvalue weighted by atomic mass is 9.82. The second-order valence-corrected chi connectivity index (χ2v) is 5.59. The molecule has 2 N–H and O–H groups in total. The lowest BCUT2D eigenvalue weighted by Crippen LogP contribution is -2.60. The van der Waals surface area contributed by atoms with E-state index < -0.39 is 0 Å². The van der Waals surface area contributed by atoms with E-state index in [-0.39, 0.29) is 5.54 Å². The van der Waals surface area contributed by atoms with Gasteiger partial charge in [-0.3, -0.25) is 4.90 Å². The van der Waals surface area contributed by atoms with Crippen molar-refractivity contribution in [2.75, 3.05) is 13.1 Å². The van der Waals surface area contributed by atoms with Gasteiger partial charge in [0.15, 0.2) is 0 Å². The van der Waals surface area contributed by atoms with E-state index in [0.29, 0.717) is 6.04 Å². The molecular formula is C14H30N2. The first-order valence-corrected chi connectivity index (χ1v) is 7.08. The van der Waals surface area contributed by atoms with Gasteiger partial charge in [0, 0.05) is 18.1 Å². The summed E-state index contributed by atoms with van der Waals surface area (Å²) < 4.78 is 0. The Bertz CT molecular complexity index is 199. The van der Waals surface area contributed by atoms with Crippen LogP contribution in [0.5, 0.6) is 0 Å². The van der Waals surface area contributed by atoms with Gasteiger partial charge >= 0.3 is 0 Å². The lowest BCUT2D eigenvalue weighted by molar-refractivity contribution is -0.00396. The number of nitrogens with two attached hydrogens (primary N) is 1. The highest BCUT2D eigenvalue weighted by molar-refractivity contribution is 4.95. The van der Waals surface area contributed by atoms with E-state index in [1.807, 2.05) is 0 Å². The molecule has 1 rings (SSSR count). The molecule has 2 heteroatoms. The number of piperidine rings is 1. The maximum Gasteiger partial charge on any atom is 0.0331 e. The zero-order valence-electron chi connectivity index (χ0n) is 11.6. The Morgan fingerprint density at radius 1 is 1.31 bits per heavy atom. The van der Waals surface area contributed by atoms with Crippen LogP contribution in [0.25, 0.3) is 0 Å². The van der Waals surface area contributed by atoms with Crippen molar-refractivity contribution in [3.8, 4) is 0 Å². The van der Waals surface area contributed by atoms with E-state index >= 15 is 0 Å². The number of hydrogen-bond acceptors (Lipinski definition) is 2. The molecule has 0 bridgehead atoms. The lowest BCUT2D eigenvalue weighted by Gasteiger charge is -2.50. The molecular weight excluding hydrogens is 196 g/mol. The van der Waals surface area contributed by atoms with Crippen molar-refractivity contribution in [2.24, 2.45) is 11.7 Å². The van der Waals surface area contributed by atoms with Crippen molar-refractivity contribution >= 4 is 0 Å². The van der Waals surface area contributed by atoms with Crippen LogP contribution in [0, 0.1) is 5.92 Å². The van der Waals surface area contributed by atoms with E-state index in [1.165, 1.54) is 38.6 Å². The van der Waals surface area contributed by atoms with Crippen LogP contribution in [0.2, 0.25) is 0 Å². The van der Waals surface area contributed by atoms with Crippen molar-refractivity contribution in [1.82, 2.24) is 4.90 Å². The standard InChI is InChI=1S/C14H30N2/c1-5-9-14(6-2,11-15)16-10-7-8-12(3)13(16)4/h12-13H,5-11,15H2,1-4H3. The molecule has 2 nitrogen and oxygen atoms in total. The molecule has 3 atom stereocenters. The van der Waals surface area contributed by atoms with Gasteiger partial charge < -0.3 is 5.73 Å². The third kappa shape index (κ3) is 2.60. The van der Waals surface area contributed by atoms with E-state index in [9.17, 15) is 0 Å². The molecule has 0 spiro atoms. The van der Waals surface area contributed by atoms with E-state index in [0.717, 1.165) is 12.5 Å². The summed E-state index contributed by atoms with van der Waals surface area (Å²) in [5.74, 6) is 0.822. The van der Waals surface area contributed by atoms with Gasteiger partial charge in [-0.15, -0.1) is 0 Å². The Morgan fingerprint density at radius 3 is 2.50 bits per heavy atom. The van der Waals surface area contributed by atoms with Crippen LogP contribution >= 0.6 is 0 Å². The summed E-state index contributed by atoms with van der Waals surface area (Å²) >= 11 is 0. The molecule has 16 heavy (non-hydrogen) atoms. The smallest absolute Gasteiger partial charge is 0.0331 e. The van der Waals surface area contributed by atoms with Gasteiger partial charge in [0.1, 0.15) is 0 Å². The van der Waals surface area contributed by atoms with Gasteiger partial charge in [-0.25, -0.2) is 0 Å². The topological polar surface area (TPSA) is 29.3 Å². The van der Waals surface area contributed by atoms with Crippen LogP contribution in [-0.4, -0.2) is 29.6 Å². The zero-order valence-corrected chi connectivity index (χ0v) is 11.6. The van der Waals surface area contributed by atoms with Gasteiger partial charge in [-0.2, -0.15) is 0 Å². The SMILES string of the molecule is CCCC(CC)(CN)N1CCCC(C)C1C. The largest absolute Gasteiger partial charge is 0.329 e. The van der Waals surface area contributed by atoms with Crippen LogP contribution in [-0.2, 0) is 0 Å². The fraction of sp³-hybridized carbons (Fsp3) is 1.00. The fourth-order valence-corrected chi connectivity index (χ4v) is 3.36. The second kappa shape index (κ2) is 6.02. The molecule has 0 radical (unpaired) electrons. The summed E-state index contributed by atoms with van der Waals surface area (Å²) in [6, 6.07) is 0.698. The molecule has 1 aliphatic rings. The number of rotatable bonds is 5. The Balaban J connectivity index is 2.83. The molecule has 0 aromatic rings. The van der Waals surface area contributed by atoms with Gasteiger partial charge in [-0.05, 0) is 45.1 Å². The van der Waals surface area contributed by atoms with E-state index in [1.54, 1.807) is 0 Å². The van der Waals surface area contributed by atoms with Gasteiger partial charge in [0.2, 0.25) is 0 Å². The molecule has 0 aliphatic carbocycles. The summed E-state index contributed by atoms with van der Waals surface area (Å²) in [5, 5.41) is 0. The zero-order chi connectivity index (χ0) is 12.2. The summed E-state index contributed by atoms with van der Waals surface area (Å²) in [5.41, 5.74) is 6.37. The maximum absolute atomic E-state index is 6.10. The first kappa shape index (κ1) is 14.0. The summed E-state index contributed by atoms with van der Waals surface area (Å²) in [6.45, 7) is 11.4. The predicted octanol–water partition coefficient (Wildman–Crippen LogP) is 3.01. The quantitative estimate of drug-likeness (QED) is 0.781. The Hall–Kier alpha value is -0.0800. The number of hydrogen-bond donors (Lipinski definition) is 1. The Morgan fingerprint density at radius 2 is 2.00 bits per heavy atom. The Labute approximate surface area is 102 Å². The fourth-order valence-electron chi connectivity index (χ4n) is 3.36. The summed E-state index contributed by atoms with van der Waals surface area (Å²) in [4.78, 5) is 2.71. The van der Waals surface area contributed by atoms with Crippen molar-refractivity contribution in [3.05, 3.63) is 0 Å². The minimum absolute atomic E-state index is 0.267. The minimum atomic E-state index is 0.267. The van der Waals surface area contributed by atoms with Crippen LogP contribution in [0.15, 0.2) is 0 Å². The Kier molecular flexibility index (Phi) is 5.26. The van der Waals surface area contributed by atoms with E-state index in [2.05, 4.69) is 32.6 Å². The van der Waals surface area contributed by atoms with Crippen LogP contribution in [0.4, 0.5) is 0 Å². The molecule has 0 amide bonds. The van der Waals surface area contributed by atoms with Crippen LogP contribution in [0.3, 0.4) is 0 Å². The summed E-state index contributed by atoms with van der Waals surface area (Å²) in [6.07, 6.45) is 6.40. The second-order valence-electron chi connectivity index (χ2n) is 5.59. The third-order valence-corrected chi connectivity index (χ3v) is 4.74. The highest BCUT2D eigenvalue weighted by Gasteiger charge is 2.38. The molecule has 1 saturated heterocycles. The molecule has 0 saturated carbocycles. The average Bonchev–Trinajstić information content (AvgIpc) is 2.30. The van der Waals surface area contributed by atoms with Crippen LogP contribution < -0.4 is 5.73 Å². The molecule has 96 valence electrons. The monoisotopic (exact) mass is 226 g/mol. The molecule has 3 unspecified atom stereocenters. The number of likely N-dealkylation sites (tertiary alicyclic amines) is 1. The van der Waals surface area contributed by atoms with Crippen molar-refractivity contribution in [3.63, 3.8) is 0 Å². The first-order chi connectivity index (χ1) is 7.61. The molecule has 0 aromatic carbocycles. The molecule has 1 heterocycles.